The van der Waals surface area contributed by atoms with Gasteiger partial charge in [-0.3, -0.25) is 0 Å². The van der Waals surface area contributed by atoms with Crippen LogP contribution in [0.1, 0.15) is 47.2 Å². The summed E-state index contributed by atoms with van der Waals surface area (Å²) in [6.45, 7) is 4.96. The van der Waals surface area contributed by atoms with Crippen LogP contribution in [0.25, 0.3) is 33.4 Å². The molecule has 0 bridgehead atoms. The molecule has 5 aliphatic rings. The third-order valence-corrected chi connectivity index (χ3v) is 21.0. The molecule has 0 unspecified atom stereocenters. The van der Waals surface area contributed by atoms with Crippen molar-refractivity contribution in [2.75, 3.05) is 4.90 Å². The maximum atomic E-state index is 2.70. The van der Waals surface area contributed by atoms with Crippen molar-refractivity contribution in [2.24, 2.45) is 0 Å². The van der Waals surface area contributed by atoms with Crippen LogP contribution in [0.3, 0.4) is 0 Å². The van der Waals surface area contributed by atoms with E-state index in [0.29, 0.717) is 0 Å². The lowest BCUT2D eigenvalue weighted by atomic mass is 9.62. The van der Waals surface area contributed by atoms with Crippen LogP contribution in [0.4, 0.5) is 17.1 Å². The third kappa shape index (κ3) is 3.92. The molecule has 61 heavy (non-hydrogen) atoms. The molecule has 1 nitrogen and oxygen atoms in total. The van der Waals surface area contributed by atoms with Gasteiger partial charge in [0.15, 0.2) is 8.07 Å². The number of rotatable bonds is 1. The van der Waals surface area contributed by atoms with Gasteiger partial charge in [-0.05, 0) is 112 Å². The Hall–Kier alpha value is -6.65. The lowest BCUT2D eigenvalue weighted by Gasteiger charge is -2.49. The van der Waals surface area contributed by atoms with Gasteiger partial charge in [-0.1, -0.05) is 195 Å². The summed E-state index contributed by atoms with van der Waals surface area (Å²) >= 11 is 1.90. The van der Waals surface area contributed by atoms with Crippen molar-refractivity contribution in [3.8, 4) is 33.4 Å². The fourth-order valence-electron chi connectivity index (χ4n) is 12.8. The molecule has 0 amide bonds. The van der Waals surface area contributed by atoms with E-state index in [-0.39, 0.29) is 5.41 Å². The Morgan fingerprint density at radius 3 is 1.38 bits per heavy atom. The van der Waals surface area contributed by atoms with Gasteiger partial charge < -0.3 is 4.90 Å². The number of hydrogen-bond donors (Lipinski definition) is 0. The average molecular weight is 810 g/mol. The molecule has 14 rings (SSSR count). The molecule has 0 N–H and O–H groups in total. The maximum Gasteiger partial charge on any atom is 0.182 e. The summed E-state index contributed by atoms with van der Waals surface area (Å²) in [5, 5.41) is 6.04. The first-order valence-electron chi connectivity index (χ1n) is 21.5. The number of hydrogen-bond acceptors (Lipinski definition) is 2. The van der Waals surface area contributed by atoms with E-state index in [1.165, 1.54) is 114 Å². The Kier molecular flexibility index (Phi) is 6.59. The molecule has 3 heteroatoms. The molecular formula is C58H39NSSi. The van der Waals surface area contributed by atoms with Gasteiger partial charge in [0.25, 0.3) is 0 Å². The van der Waals surface area contributed by atoms with Crippen molar-refractivity contribution in [3.05, 3.63) is 234 Å². The highest BCUT2D eigenvalue weighted by atomic mass is 32.2. The van der Waals surface area contributed by atoms with Gasteiger partial charge in [-0.25, -0.2) is 0 Å². The molecule has 2 spiro atoms. The second-order valence-electron chi connectivity index (χ2n) is 17.8. The Balaban J connectivity index is 1.16. The first-order chi connectivity index (χ1) is 30.1. The zero-order chi connectivity index (χ0) is 40.2. The SMILES string of the molecule is CC1(C)c2ccccc2-c2c(N3c4ccccc4C4(c5ccccc5Sc5ccccc54)c4ccccc43)cc3c(c21)-c1ccccc1[Si]31c2ccccc2-c2ccccc21. The van der Waals surface area contributed by atoms with Gasteiger partial charge in [-0.2, -0.15) is 0 Å². The van der Waals surface area contributed by atoms with E-state index in [1.54, 1.807) is 0 Å². The van der Waals surface area contributed by atoms with Crippen LogP contribution in [0.2, 0.25) is 0 Å². The monoisotopic (exact) mass is 809 g/mol. The van der Waals surface area contributed by atoms with Crippen LogP contribution < -0.4 is 25.6 Å². The fraction of sp³-hybridized carbons (Fsp3) is 0.0690. The highest BCUT2D eigenvalue weighted by Crippen LogP contribution is 2.65. The summed E-state index contributed by atoms with van der Waals surface area (Å²) in [6.07, 6.45) is 0. The van der Waals surface area contributed by atoms with Crippen LogP contribution in [-0.4, -0.2) is 8.07 Å². The molecule has 0 aromatic heterocycles. The Morgan fingerprint density at radius 2 is 0.803 bits per heavy atom. The highest BCUT2D eigenvalue weighted by Gasteiger charge is 2.58. The first-order valence-corrected chi connectivity index (χ1v) is 24.3. The minimum atomic E-state index is -2.80. The van der Waals surface area contributed by atoms with Crippen molar-refractivity contribution in [1.82, 2.24) is 0 Å². The van der Waals surface area contributed by atoms with E-state index >= 15 is 0 Å². The Labute approximate surface area is 362 Å². The maximum absolute atomic E-state index is 2.80. The Morgan fingerprint density at radius 1 is 0.377 bits per heavy atom. The second-order valence-corrected chi connectivity index (χ2v) is 22.6. The lowest BCUT2D eigenvalue weighted by Crippen LogP contribution is -2.70. The van der Waals surface area contributed by atoms with Crippen molar-refractivity contribution >= 4 is 57.6 Å². The number of para-hydroxylation sites is 2. The van der Waals surface area contributed by atoms with E-state index in [0.717, 1.165) is 0 Å². The quantitative estimate of drug-likeness (QED) is 0.152. The average Bonchev–Trinajstić information content (AvgIpc) is 3.87. The fourth-order valence-corrected chi connectivity index (χ4v) is 19.6. The van der Waals surface area contributed by atoms with E-state index in [2.05, 4.69) is 219 Å². The van der Waals surface area contributed by atoms with Gasteiger partial charge >= 0.3 is 0 Å². The van der Waals surface area contributed by atoms with Gasteiger partial charge in [0, 0.05) is 20.8 Å². The number of nitrogens with zero attached hydrogens (tertiary/aromatic N) is 1. The molecule has 4 heterocycles. The Bertz CT molecular complexity index is 3270. The summed E-state index contributed by atoms with van der Waals surface area (Å²) in [6, 6.07) is 77.1. The normalized spacial score (nSPS) is 16.3. The molecular weight excluding hydrogens is 771 g/mol. The molecule has 4 aliphatic heterocycles. The minimum Gasteiger partial charge on any atom is -0.309 e. The van der Waals surface area contributed by atoms with Crippen LogP contribution in [0.15, 0.2) is 210 Å². The molecule has 0 saturated carbocycles. The molecule has 9 aromatic carbocycles. The summed E-state index contributed by atoms with van der Waals surface area (Å²) in [7, 11) is -2.80. The smallest absolute Gasteiger partial charge is 0.182 e. The van der Waals surface area contributed by atoms with Crippen molar-refractivity contribution in [2.45, 2.75) is 34.5 Å². The number of benzene rings is 9. The summed E-state index contributed by atoms with van der Waals surface area (Å²) in [5.74, 6) is 0. The van der Waals surface area contributed by atoms with Crippen molar-refractivity contribution in [1.29, 1.82) is 0 Å². The zero-order valence-corrected chi connectivity index (χ0v) is 35.7. The van der Waals surface area contributed by atoms with E-state index in [9.17, 15) is 0 Å². The van der Waals surface area contributed by atoms with Crippen molar-refractivity contribution in [3.63, 3.8) is 0 Å². The predicted octanol–water partition coefficient (Wildman–Crippen LogP) is 12.0. The number of fused-ring (bicyclic) bond motifs is 22. The van der Waals surface area contributed by atoms with Gasteiger partial charge in [0.1, 0.15) is 0 Å². The molecule has 0 saturated heterocycles. The van der Waals surface area contributed by atoms with Gasteiger partial charge in [0.05, 0.1) is 22.5 Å². The largest absolute Gasteiger partial charge is 0.309 e. The van der Waals surface area contributed by atoms with Gasteiger partial charge in [0.2, 0.25) is 0 Å². The lowest BCUT2D eigenvalue weighted by molar-refractivity contribution is 0.662. The highest BCUT2D eigenvalue weighted by molar-refractivity contribution is 7.99. The second kappa shape index (κ2) is 11.8. The van der Waals surface area contributed by atoms with Crippen LogP contribution >= 0.6 is 11.8 Å². The van der Waals surface area contributed by atoms with E-state index < -0.39 is 13.5 Å². The number of anilines is 3. The summed E-state index contributed by atoms with van der Waals surface area (Å²) < 4.78 is 0. The molecule has 9 aromatic rings. The molecule has 1 aliphatic carbocycles. The van der Waals surface area contributed by atoms with E-state index in [1.807, 2.05) is 11.8 Å². The zero-order valence-electron chi connectivity index (χ0n) is 33.9. The predicted molar refractivity (Wildman–Crippen MR) is 256 cm³/mol. The van der Waals surface area contributed by atoms with Crippen molar-refractivity contribution < 1.29 is 0 Å². The standard InChI is InChI=1S/C58H39NSSi/c1-57(2)40-23-7-3-21-38(40)54-47(35-53-55(56(54)57)39-22-6-18-34-52(39)61(53)50-32-16-4-19-36(50)37-20-5-17-33-51(37)61)59-45-28-12-8-24-41(45)58(42-25-9-13-29-46(42)59)43-26-10-14-30-48(43)60-49-31-15-11-27-44(49)58/h3-35H,1-2H3. The summed E-state index contributed by atoms with van der Waals surface area (Å²) in [5.41, 5.74) is 19.5. The van der Waals surface area contributed by atoms with Crippen LogP contribution in [-0.2, 0) is 10.8 Å². The van der Waals surface area contributed by atoms with Gasteiger partial charge in [-0.15, -0.1) is 0 Å². The molecule has 0 atom stereocenters. The topological polar surface area (TPSA) is 3.24 Å². The van der Waals surface area contributed by atoms with E-state index in [4.69, 9.17) is 0 Å². The van der Waals surface area contributed by atoms with Crippen LogP contribution in [0.5, 0.6) is 0 Å². The molecule has 286 valence electrons. The third-order valence-electron chi connectivity index (χ3n) is 14.9. The molecule has 0 fully saturated rings. The van der Waals surface area contributed by atoms with Crippen LogP contribution in [0, 0.1) is 0 Å². The minimum absolute atomic E-state index is 0.245. The summed E-state index contributed by atoms with van der Waals surface area (Å²) in [4.78, 5) is 5.31. The molecule has 0 radical (unpaired) electrons. The first kappa shape index (κ1) is 34.1.